The number of amides is 1. The molecule has 0 fully saturated rings. The average molecular weight is 367 g/mol. The van der Waals surface area contributed by atoms with Gasteiger partial charge >= 0.3 is 0 Å². The molecule has 2 heterocycles. The Morgan fingerprint density at radius 3 is 2.68 bits per heavy atom. The lowest BCUT2D eigenvalue weighted by Gasteiger charge is -2.07. The number of anilines is 1. The molecular formula is C20H15ClN2OS. The van der Waals surface area contributed by atoms with Gasteiger partial charge in [0.15, 0.2) is 0 Å². The van der Waals surface area contributed by atoms with Crippen LogP contribution in [0.2, 0.25) is 5.02 Å². The van der Waals surface area contributed by atoms with Crippen LogP contribution in [0.4, 0.5) is 5.69 Å². The summed E-state index contributed by atoms with van der Waals surface area (Å²) >= 11 is 7.37. The van der Waals surface area contributed by atoms with Crippen LogP contribution in [-0.2, 0) is 0 Å². The van der Waals surface area contributed by atoms with E-state index in [0.717, 1.165) is 32.4 Å². The Morgan fingerprint density at radius 1 is 1.04 bits per heavy atom. The monoisotopic (exact) mass is 366 g/mol. The molecule has 0 radical (unpaired) electrons. The Bertz CT molecular complexity index is 1130. The van der Waals surface area contributed by atoms with E-state index in [0.29, 0.717) is 9.90 Å². The van der Waals surface area contributed by atoms with E-state index in [1.54, 1.807) is 6.07 Å². The second kappa shape index (κ2) is 6.14. The molecule has 0 saturated heterocycles. The number of carbonyl (C=O) groups is 1. The Balaban J connectivity index is 1.70. The number of aryl methyl sites for hydroxylation is 2. The SMILES string of the molecule is Cc1ccc2nc3sc(C(=O)Nc4ccc(Cl)cc4C)cc3cc2c1. The molecule has 0 spiro atoms. The molecule has 0 unspecified atom stereocenters. The standard InChI is InChI=1S/C20H15ClN2OS/c1-11-3-5-17-13(7-11)9-14-10-18(25-20(14)23-17)19(24)22-16-6-4-15(21)8-12(16)2/h3-10H,1-2H3,(H,22,24). The maximum absolute atomic E-state index is 12.6. The maximum atomic E-state index is 12.6. The summed E-state index contributed by atoms with van der Waals surface area (Å²) < 4.78 is 0. The molecule has 4 rings (SSSR count). The van der Waals surface area contributed by atoms with Crippen LogP contribution in [0.5, 0.6) is 0 Å². The molecule has 1 amide bonds. The minimum atomic E-state index is -0.131. The highest BCUT2D eigenvalue weighted by atomic mass is 35.5. The predicted octanol–water partition coefficient (Wildman–Crippen LogP) is 5.97. The van der Waals surface area contributed by atoms with Crippen molar-refractivity contribution in [3.63, 3.8) is 0 Å². The number of fused-ring (bicyclic) bond motifs is 2. The van der Waals surface area contributed by atoms with E-state index in [9.17, 15) is 4.79 Å². The number of carbonyl (C=O) groups excluding carboxylic acids is 1. The zero-order chi connectivity index (χ0) is 17.6. The molecule has 0 bridgehead atoms. The normalized spacial score (nSPS) is 11.2. The van der Waals surface area contributed by atoms with Crippen molar-refractivity contribution in [2.24, 2.45) is 0 Å². The fourth-order valence-corrected chi connectivity index (χ4v) is 3.96. The number of hydrogen-bond acceptors (Lipinski definition) is 3. The van der Waals surface area contributed by atoms with Gasteiger partial charge in [0.2, 0.25) is 0 Å². The minimum absolute atomic E-state index is 0.131. The number of thiophene rings is 1. The van der Waals surface area contributed by atoms with Crippen molar-refractivity contribution in [2.45, 2.75) is 13.8 Å². The van der Waals surface area contributed by atoms with E-state index in [1.165, 1.54) is 16.9 Å². The van der Waals surface area contributed by atoms with Crippen molar-refractivity contribution in [2.75, 3.05) is 5.32 Å². The molecule has 0 saturated carbocycles. The van der Waals surface area contributed by atoms with Crippen molar-refractivity contribution in [1.82, 2.24) is 4.98 Å². The molecule has 124 valence electrons. The molecular weight excluding hydrogens is 352 g/mol. The Morgan fingerprint density at radius 2 is 1.88 bits per heavy atom. The smallest absolute Gasteiger partial charge is 0.265 e. The first-order valence-corrected chi connectivity index (χ1v) is 9.07. The summed E-state index contributed by atoms with van der Waals surface area (Å²) in [6.45, 7) is 3.98. The van der Waals surface area contributed by atoms with Crippen LogP contribution in [0.1, 0.15) is 20.8 Å². The maximum Gasteiger partial charge on any atom is 0.265 e. The molecule has 4 aromatic rings. The van der Waals surface area contributed by atoms with Crippen LogP contribution >= 0.6 is 22.9 Å². The Labute approximate surface area is 154 Å². The summed E-state index contributed by atoms with van der Waals surface area (Å²) in [5.74, 6) is -0.131. The summed E-state index contributed by atoms with van der Waals surface area (Å²) in [5, 5.41) is 5.68. The quantitative estimate of drug-likeness (QED) is 0.474. The van der Waals surface area contributed by atoms with Gasteiger partial charge in [-0.25, -0.2) is 4.98 Å². The van der Waals surface area contributed by atoms with E-state index in [-0.39, 0.29) is 5.91 Å². The number of nitrogens with zero attached hydrogens (tertiary/aromatic N) is 1. The first-order valence-electron chi connectivity index (χ1n) is 7.88. The third-order valence-corrected chi connectivity index (χ3v) is 5.40. The van der Waals surface area contributed by atoms with Gasteiger partial charge in [-0.05, 0) is 61.9 Å². The van der Waals surface area contributed by atoms with Crippen LogP contribution in [0.3, 0.4) is 0 Å². The summed E-state index contributed by atoms with van der Waals surface area (Å²) in [4.78, 5) is 18.8. The molecule has 0 aliphatic carbocycles. The Hall–Kier alpha value is -2.43. The number of benzene rings is 2. The van der Waals surface area contributed by atoms with Crippen molar-refractivity contribution in [3.05, 3.63) is 69.6 Å². The summed E-state index contributed by atoms with van der Waals surface area (Å²) in [5.41, 5.74) is 3.84. The number of halogens is 1. The number of hydrogen-bond donors (Lipinski definition) is 1. The topological polar surface area (TPSA) is 42.0 Å². The number of nitrogens with one attached hydrogen (secondary N) is 1. The third kappa shape index (κ3) is 3.11. The highest BCUT2D eigenvalue weighted by Gasteiger charge is 2.13. The highest BCUT2D eigenvalue weighted by Crippen LogP contribution is 2.29. The lowest BCUT2D eigenvalue weighted by molar-refractivity contribution is 0.103. The molecule has 0 atom stereocenters. The zero-order valence-corrected chi connectivity index (χ0v) is 15.3. The molecule has 1 N–H and O–H groups in total. The summed E-state index contributed by atoms with van der Waals surface area (Å²) in [7, 11) is 0. The lowest BCUT2D eigenvalue weighted by Crippen LogP contribution is -2.10. The number of aromatic nitrogens is 1. The Kier molecular flexibility index (Phi) is 3.94. The fraction of sp³-hybridized carbons (Fsp3) is 0.100. The first kappa shape index (κ1) is 16.1. The van der Waals surface area contributed by atoms with Gasteiger partial charge in [-0.3, -0.25) is 4.79 Å². The van der Waals surface area contributed by atoms with Gasteiger partial charge in [0.25, 0.3) is 5.91 Å². The van der Waals surface area contributed by atoms with Gasteiger partial charge < -0.3 is 5.32 Å². The molecule has 2 aromatic heterocycles. The van der Waals surface area contributed by atoms with Gasteiger partial charge in [0.05, 0.1) is 10.4 Å². The van der Waals surface area contributed by atoms with Crippen LogP contribution in [0, 0.1) is 13.8 Å². The van der Waals surface area contributed by atoms with E-state index >= 15 is 0 Å². The summed E-state index contributed by atoms with van der Waals surface area (Å²) in [6, 6.07) is 15.6. The van der Waals surface area contributed by atoms with Crippen LogP contribution in [0.25, 0.3) is 21.1 Å². The van der Waals surface area contributed by atoms with Crippen molar-refractivity contribution in [1.29, 1.82) is 0 Å². The van der Waals surface area contributed by atoms with Crippen LogP contribution in [-0.4, -0.2) is 10.9 Å². The van der Waals surface area contributed by atoms with Gasteiger partial charge in [-0.1, -0.05) is 23.2 Å². The molecule has 5 heteroatoms. The first-order chi connectivity index (χ1) is 12.0. The van der Waals surface area contributed by atoms with Crippen LogP contribution in [0.15, 0.2) is 48.5 Å². The zero-order valence-electron chi connectivity index (χ0n) is 13.8. The third-order valence-electron chi connectivity index (χ3n) is 4.12. The van der Waals surface area contributed by atoms with Gasteiger partial charge in [-0.2, -0.15) is 0 Å². The van der Waals surface area contributed by atoms with Gasteiger partial charge in [0.1, 0.15) is 4.83 Å². The fourth-order valence-electron chi connectivity index (χ4n) is 2.82. The van der Waals surface area contributed by atoms with E-state index in [1.807, 2.05) is 37.3 Å². The largest absolute Gasteiger partial charge is 0.321 e. The average Bonchev–Trinajstić information content (AvgIpc) is 2.98. The van der Waals surface area contributed by atoms with Gasteiger partial charge in [-0.15, -0.1) is 11.3 Å². The molecule has 3 nitrogen and oxygen atoms in total. The molecule has 25 heavy (non-hydrogen) atoms. The van der Waals surface area contributed by atoms with E-state index in [4.69, 9.17) is 11.6 Å². The van der Waals surface area contributed by atoms with Crippen molar-refractivity contribution in [3.8, 4) is 0 Å². The van der Waals surface area contributed by atoms with E-state index < -0.39 is 0 Å². The second-order valence-corrected chi connectivity index (χ2v) is 7.57. The molecule has 0 aliphatic rings. The van der Waals surface area contributed by atoms with Crippen LogP contribution < -0.4 is 5.32 Å². The molecule has 2 aromatic carbocycles. The lowest BCUT2D eigenvalue weighted by atomic mass is 10.1. The number of pyridine rings is 1. The van der Waals surface area contributed by atoms with Gasteiger partial charge in [0, 0.05) is 21.5 Å². The summed E-state index contributed by atoms with van der Waals surface area (Å²) in [6.07, 6.45) is 0. The van der Waals surface area contributed by atoms with E-state index in [2.05, 4.69) is 29.4 Å². The molecule has 0 aliphatic heterocycles. The minimum Gasteiger partial charge on any atom is -0.321 e. The van der Waals surface area contributed by atoms with Crippen molar-refractivity contribution >= 4 is 55.7 Å². The second-order valence-electron chi connectivity index (χ2n) is 6.10. The van der Waals surface area contributed by atoms with Crippen molar-refractivity contribution < 1.29 is 4.79 Å². The number of rotatable bonds is 2. The predicted molar refractivity (Wildman–Crippen MR) is 106 cm³/mol. The highest BCUT2D eigenvalue weighted by molar-refractivity contribution is 7.20.